The summed E-state index contributed by atoms with van der Waals surface area (Å²) in [7, 11) is 0. The zero-order chi connectivity index (χ0) is 17.3. The first-order chi connectivity index (χ1) is 11.4. The van der Waals surface area contributed by atoms with Crippen molar-refractivity contribution in [1.82, 2.24) is 10.3 Å². The van der Waals surface area contributed by atoms with E-state index in [0.29, 0.717) is 20.7 Å². The molecule has 0 atom stereocenters. The van der Waals surface area contributed by atoms with Crippen molar-refractivity contribution in [3.05, 3.63) is 57.6 Å². The smallest absolute Gasteiger partial charge is 0.258 e. The van der Waals surface area contributed by atoms with Gasteiger partial charge in [-0.2, -0.15) is 0 Å². The molecule has 0 aliphatic heterocycles. The Hall–Kier alpha value is -1.73. The molecule has 24 heavy (non-hydrogen) atoms. The highest BCUT2D eigenvalue weighted by atomic mass is 35.5. The number of benzene rings is 2. The summed E-state index contributed by atoms with van der Waals surface area (Å²) in [5.74, 6) is -0.373. The first-order valence-electron chi connectivity index (χ1n) is 6.87. The number of nitrogens with one attached hydrogen (secondary N) is 2. The van der Waals surface area contributed by atoms with Crippen molar-refractivity contribution in [2.75, 3.05) is 5.32 Å². The summed E-state index contributed by atoms with van der Waals surface area (Å²) in [5, 5.41) is 7.25. The Balaban J connectivity index is 1.71. The average Bonchev–Trinajstić information content (AvgIpc) is 2.87. The van der Waals surface area contributed by atoms with E-state index in [1.165, 1.54) is 11.3 Å². The zero-order valence-corrected chi connectivity index (χ0v) is 15.5. The highest BCUT2D eigenvalue weighted by molar-refractivity contribution is 7.80. The molecule has 8 heteroatoms. The third-order valence-electron chi connectivity index (χ3n) is 3.17. The normalized spacial score (nSPS) is 10.6. The largest absolute Gasteiger partial charge is 0.308 e. The van der Waals surface area contributed by atoms with Crippen LogP contribution in [-0.4, -0.2) is 16.0 Å². The van der Waals surface area contributed by atoms with Gasteiger partial charge in [-0.3, -0.25) is 10.1 Å². The number of anilines is 1. The SMILES string of the molecule is Cc1ccc(C(=O)NC(=S)Nc2nc3ccc(Cl)cc3s2)c(Cl)c1. The minimum absolute atomic E-state index is 0.154. The first kappa shape index (κ1) is 17.1. The third-order valence-corrected chi connectivity index (χ3v) is 4.85. The summed E-state index contributed by atoms with van der Waals surface area (Å²) in [6.45, 7) is 1.90. The number of nitrogens with zero attached hydrogens (tertiary/aromatic N) is 1. The van der Waals surface area contributed by atoms with Gasteiger partial charge in [0.25, 0.3) is 5.91 Å². The van der Waals surface area contributed by atoms with Crippen molar-refractivity contribution in [3.8, 4) is 0 Å². The van der Waals surface area contributed by atoms with Crippen LogP contribution in [0.2, 0.25) is 10.0 Å². The van der Waals surface area contributed by atoms with E-state index in [0.717, 1.165) is 15.8 Å². The molecule has 0 unspecified atom stereocenters. The van der Waals surface area contributed by atoms with Crippen molar-refractivity contribution < 1.29 is 4.79 Å². The number of rotatable bonds is 2. The quantitative estimate of drug-likeness (QED) is 0.596. The van der Waals surface area contributed by atoms with E-state index in [2.05, 4.69) is 15.6 Å². The number of aryl methyl sites for hydroxylation is 1. The second-order valence-electron chi connectivity index (χ2n) is 5.02. The lowest BCUT2D eigenvalue weighted by atomic mass is 10.1. The monoisotopic (exact) mass is 395 g/mol. The molecule has 4 nitrogen and oxygen atoms in total. The van der Waals surface area contributed by atoms with Crippen molar-refractivity contribution in [2.24, 2.45) is 0 Å². The Morgan fingerprint density at radius 2 is 2.00 bits per heavy atom. The van der Waals surface area contributed by atoms with Gasteiger partial charge in [-0.05, 0) is 55.0 Å². The lowest BCUT2D eigenvalue weighted by molar-refractivity contribution is 0.0978. The molecule has 2 N–H and O–H groups in total. The highest BCUT2D eigenvalue weighted by Gasteiger charge is 2.13. The van der Waals surface area contributed by atoms with Crippen molar-refractivity contribution in [1.29, 1.82) is 0 Å². The fourth-order valence-corrected chi connectivity index (χ4v) is 3.78. The predicted molar refractivity (Wildman–Crippen MR) is 105 cm³/mol. The summed E-state index contributed by atoms with van der Waals surface area (Å²) >= 11 is 18.6. The van der Waals surface area contributed by atoms with Gasteiger partial charge in [-0.1, -0.05) is 40.6 Å². The zero-order valence-electron chi connectivity index (χ0n) is 12.4. The Kier molecular flexibility index (Phi) is 5.01. The Bertz CT molecular complexity index is 956. The number of carbonyl (C=O) groups excluding carboxylic acids is 1. The standard InChI is InChI=1S/C16H11Cl2N3OS2/c1-8-2-4-10(11(18)6-8)14(22)20-15(23)21-16-19-12-5-3-9(17)7-13(12)24-16/h2-7H,1H3,(H2,19,20,21,22,23). The lowest BCUT2D eigenvalue weighted by Gasteiger charge is -2.08. The van der Waals surface area contributed by atoms with E-state index in [1.54, 1.807) is 18.2 Å². The number of carbonyl (C=O) groups is 1. The molecule has 0 radical (unpaired) electrons. The maximum absolute atomic E-state index is 12.2. The van der Waals surface area contributed by atoms with Gasteiger partial charge in [-0.15, -0.1) is 0 Å². The van der Waals surface area contributed by atoms with E-state index in [-0.39, 0.29) is 11.0 Å². The average molecular weight is 396 g/mol. The molecule has 2 aromatic carbocycles. The molecule has 0 saturated heterocycles. The molecule has 3 rings (SSSR count). The van der Waals surface area contributed by atoms with Gasteiger partial charge in [0.1, 0.15) is 0 Å². The summed E-state index contributed by atoms with van der Waals surface area (Å²) in [6, 6.07) is 10.6. The number of thiazole rings is 1. The number of fused-ring (bicyclic) bond motifs is 1. The minimum atomic E-state index is -0.373. The van der Waals surface area contributed by atoms with Gasteiger partial charge in [0.15, 0.2) is 10.2 Å². The number of halogens is 2. The number of hydrogen-bond donors (Lipinski definition) is 2. The van der Waals surface area contributed by atoms with Gasteiger partial charge >= 0.3 is 0 Å². The number of thiocarbonyl (C=S) groups is 1. The summed E-state index contributed by atoms with van der Waals surface area (Å²) < 4.78 is 0.931. The van der Waals surface area contributed by atoms with Gasteiger partial charge in [0.2, 0.25) is 0 Å². The molecule has 0 fully saturated rings. The molecule has 0 saturated carbocycles. The van der Waals surface area contributed by atoms with Crippen molar-refractivity contribution in [2.45, 2.75) is 6.92 Å². The van der Waals surface area contributed by atoms with Crippen LogP contribution in [0.1, 0.15) is 15.9 Å². The second-order valence-corrected chi connectivity index (χ2v) is 7.31. The number of aromatic nitrogens is 1. The maximum atomic E-state index is 12.2. The Morgan fingerprint density at radius 3 is 2.75 bits per heavy atom. The molecule has 0 aliphatic rings. The van der Waals surface area contributed by atoms with E-state index >= 15 is 0 Å². The van der Waals surface area contributed by atoms with Gasteiger partial charge in [0.05, 0.1) is 20.8 Å². The number of amides is 1. The fourth-order valence-electron chi connectivity index (χ4n) is 2.06. The Morgan fingerprint density at radius 1 is 1.21 bits per heavy atom. The van der Waals surface area contributed by atoms with E-state index < -0.39 is 0 Å². The van der Waals surface area contributed by atoms with Crippen LogP contribution in [0.5, 0.6) is 0 Å². The minimum Gasteiger partial charge on any atom is -0.308 e. The highest BCUT2D eigenvalue weighted by Crippen LogP contribution is 2.28. The lowest BCUT2D eigenvalue weighted by Crippen LogP contribution is -2.34. The van der Waals surface area contributed by atoms with Gasteiger partial charge in [-0.25, -0.2) is 4.98 Å². The molecule has 122 valence electrons. The van der Waals surface area contributed by atoms with Gasteiger partial charge in [0, 0.05) is 5.02 Å². The van der Waals surface area contributed by atoms with Crippen LogP contribution in [-0.2, 0) is 0 Å². The predicted octanol–water partition coefficient (Wildman–Crippen LogP) is 5.04. The Labute approximate surface area is 157 Å². The van der Waals surface area contributed by atoms with Gasteiger partial charge < -0.3 is 5.32 Å². The summed E-state index contributed by atoms with van der Waals surface area (Å²) in [6.07, 6.45) is 0. The van der Waals surface area contributed by atoms with Crippen LogP contribution in [0.25, 0.3) is 10.2 Å². The summed E-state index contributed by atoms with van der Waals surface area (Å²) in [4.78, 5) is 16.6. The first-order valence-corrected chi connectivity index (χ1v) is 8.85. The van der Waals surface area contributed by atoms with Crippen LogP contribution >= 0.6 is 46.8 Å². The van der Waals surface area contributed by atoms with Crippen molar-refractivity contribution in [3.63, 3.8) is 0 Å². The van der Waals surface area contributed by atoms with E-state index in [9.17, 15) is 4.79 Å². The molecule has 1 amide bonds. The van der Waals surface area contributed by atoms with Crippen LogP contribution in [0.4, 0.5) is 5.13 Å². The molecule has 0 bridgehead atoms. The topological polar surface area (TPSA) is 54.0 Å². The molecule has 0 spiro atoms. The van der Waals surface area contributed by atoms with Crippen LogP contribution < -0.4 is 10.6 Å². The second kappa shape index (κ2) is 7.03. The fraction of sp³-hybridized carbons (Fsp3) is 0.0625. The van der Waals surface area contributed by atoms with E-state index in [4.69, 9.17) is 35.4 Å². The van der Waals surface area contributed by atoms with Crippen LogP contribution in [0.15, 0.2) is 36.4 Å². The molecular weight excluding hydrogens is 385 g/mol. The summed E-state index contributed by atoms with van der Waals surface area (Å²) in [5.41, 5.74) is 2.15. The van der Waals surface area contributed by atoms with Crippen LogP contribution in [0, 0.1) is 6.92 Å². The molecule has 3 aromatic rings. The molecular formula is C16H11Cl2N3OS2. The maximum Gasteiger partial charge on any atom is 0.258 e. The molecule has 0 aliphatic carbocycles. The molecule has 1 aromatic heterocycles. The van der Waals surface area contributed by atoms with Crippen molar-refractivity contribution >= 4 is 73.1 Å². The van der Waals surface area contributed by atoms with Crippen LogP contribution in [0.3, 0.4) is 0 Å². The third kappa shape index (κ3) is 3.84. The molecule has 1 heterocycles. The van der Waals surface area contributed by atoms with E-state index in [1.807, 2.05) is 25.1 Å². The number of hydrogen-bond acceptors (Lipinski definition) is 4.